The van der Waals surface area contributed by atoms with Crippen LogP contribution < -0.4 is 10.6 Å². The van der Waals surface area contributed by atoms with Crippen LogP contribution in [0.2, 0.25) is 0 Å². The van der Waals surface area contributed by atoms with Gasteiger partial charge in [-0.1, -0.05) is 36.9 Å². The summed E-state index contributed by atoms with van der Waals surface area (Å²) in [5.41, 5.74) is 0.620. The van der Waals surface area contributed by atoms with Crippen LogP contribution in [0.15, 0.2) is 35.5 Å². The predicted octanol–water partition coefficient (Wildman–Crippen LogP) is 2.20. The number of aromatic nitrogens is 3. The van der Waals surface area contributed by atoms with Crippen molar-refractivity contribution in [2.75, 3.05) is 5.32 Å². The van der Waals surface area contributed by atoms with Crippen molar-refractivity contribution in [2.45, 2.75) is 30.7 Å². The zero-order valence-electron chi connectivity index (χ0n) is 12.3. The molecule has 1 aromatic heterocycles. The average Bonchev–Trinajstić information content (AvgIpc) is 2.95. The molecule has 22 heavy (non-hydrogen) atoms. The number of aryl methyl sites for hydroxylation is 1. The van der Waals surface area contributed by atoms with E-state index in [1.165, 1.54) is 11.8 Å². The SMILES string of the molecule is CCc1nc(SC(C)C(=O)NC(=O)Nc2ccccc2)n[nH]1. The molecule has 2 rings (SSSR count). The number of thioether (sulfide) groups is 1. The van der Waals surface area contributed by atoms with Crippen molar-refractivity contribution in [3.8, 4) is 0 Å². The van der Waals surface area contributed by atoms with Crippen LogP contribution >= 0.6 is 11.8 Å². The summed E-state index contributed by atoms with van der Waals surface area (Å²) in [6.45, 7) is 3.65. The van der Waals surface area contributed by atoms with Gasteiger partial charge in [-0.2, -0.15) is 0 Å². The summed E-state index contributed by atoms with van der Waals surface area (Å²) < 4.78 is 0. The lowest BCUT2D eigenvalue weighted by Crippen LogP contribution is -2.38. The van der Waals surface area contributed by atoms with E-state index in [9.17, 15) is 9.59 Å². The molecule has 0 bridgehead atoms. The van der Waals surface area contributed by atoms with Crippen molar-refractivity contribution in [1.82, 2.24) is 20.5 Å². The molecule has 0 radical (unpaired) electrons. The van der Waals surface area contributed by atoms with Gasteiger partial charge in [-0.05, 0) is 19.1 Å². The van der Waals surface area contributed by atoms with Crippen LogP contribution in [0.1, 0.15) is 19.7 Å². The number of imide groups is 1. The first-order chi connectivity index (χ1) is 10.6. The number of rotatable bonds is 5. The van der Waals surface area contributed by atoms with Crippen LogP contribution in [-0.4, -0.2) is 32.4 Å². The fraction of sp³-hybridized carbons (Fsp3) is 0.286. The number of carbonyl (C=O) groups excluding carboxylic acids is 2. The molecule has 116 valence electrons. The second-order valence-electron chi connectivity index (χ2n) is 4.49. The molecule has 0 saturated carbocycles. The van der Waals surface area contributed by atoms with Crippen LogP contribution in [0.25, 0.3) is 0 Å². The van der Waals surface area contributed by atoms with Crippen molar-refractivity contribution < 1.29 is 9.59 Å². The molecule has 1 unspecified atom stereocenters. The topological polar surface area (TPSA) is 99.8 Å². The van der Waals surface area contributed by atoms with Gasteiger partial charge in [-0.25, -0.2) is 9.78 Å². The summed E-state index contributed by atoms with van der Waals surface area (Å²) in [6, 6.07) is 8.35. The molecule has 1 heterocycles. The van der Waals surface area contributed by atoms with Gasteiger partial charge in [-0.15, -0.1) is 5.10 Å². The van der Waals surface area contributed by atoms with E-state index in [4.69, 9.17) is 0 Å². The van der Waals surface area contributed by atoms with Crippen molar-refractivity contribution in [2.24, 2.45) is 0 Å². The molecule has 8 heteroatoms. The number of nitrogens with one attached hydrogen (secondary N) is 3. The maximum absolute atomic E-state index is 12.0. The molecule has 0 fully saturated rings. The number of aromatic amines is 1. The lowest BCUT2D eigenvalue weighted by atomic mass is 10.3. The maximum Gasteiger partial charge on any atom is 0.325 e. The minimum Gasteiger partial charge on any atom is -0.308 e. The van der Waals surface area contributed by atoms with Gasteiger partial charge >= 0.3 is 6.03 Å². The van der Waals surface area contributed by atoms with E-state index < -0.39 is 17.2 Å². The number of hydrogen-bond donors (Lipinski definition) is 3. The minimum absolute atomic E-state index is 0.402. The fourth-order valence-electron chi connectivity index (χ4n) is 1.60. The normalized spacial score (nSPS) is 11.7. The van der Waals surface area contributed by atoms with E-state index >= 15 is 0 Å². The number of carbonyl (C=O) groups is 2. The van der Waals surface area contributed by atoms with Gasteiger partial charge in [0.2, 0.25) is 11.1 Å². The Kier molecular flexibility index (Phi) is 5.54. The zero-order valence-corrected chi connectivity index (χ0v) is 13.1. The molecule has 3 amide bonds. The Morgan fingerprint density at radius 2 is 2.05 bits per heavy atom. The average molecular weight is 319 g/mol. The van der Waals surface area contributed by atoms with E-state index in [0.29, 0.717) is 10.8 Å². The number of benzene rings is 1. The monoisotopic (exact) mass is 319 g/mol. The molecule has 7 nitrogen and oxygen atoms in total. The van der Waals surface area contributed by atoms with Gasteiger partial charge in [-0.3, -0.25) is 15.2 Å². The zero-order chi connectivity index (χ0) is 15.9. The van der Waals surface area contributed by atoms with Crippen molar-refractivity contribution in [1.29, 1.82) is 0 Å². The van der Waals surface area contributed by atoms with E-state index in [0.717, 1.165) is 12.2 Å². The molecule has 0 aliphatic carbocycles. The van der Waals surface area contributed by atoms with E-state index in [1.807, 2.05) is 13.0 Å². The molecule has 1 atom stereocenters. The summed E-state index contributed by atoms with van der Waals surface area (Å²) >= 11 is 1.19. The van der Waals surface area contributed by atoms with Gasteiger partial charge in [0, 0.05) is 12.1 Å². The highest BCUT2D eigenvalue weighted by Gasteiger charge is 2.19. The van der Waals surface area contributed by atoms with Crippen molar-refractivity contribution in [3.05, 3.63) is 36.2 Å². The second kappa shape index (κ2) is 7.60. The first-order valence-corrected chi connectivity index (χ1v) is 7.71. The van der Waals surface area contributed by atoms with Crippen LogP contribution in [0.5, 0.6) is 0 Å². The van der Waals surface area contributed by atoms with Gasteiger partial charge in [0.25, 0.3) is 0 Å². The van der Waals surface area contributed by atoms with Gasteiger partial charge in [0.1, 0.15) is 5.82 Å². The summed E-state index contributed by atoms with van der Waals surface area (Å²) in [5, 5.41) is 11.7. The highest BCUT2D eigenvalue weighted by Crippen LogP contribution is 2.19. The molecule has 0 aliphatic heterocycles. The van der Waals surface area contributed by atoms with E-state index in [1.54, 1.807) is 31.2 Å². The molecule has 1 aromatic carbocycles. The highest BCUT2D eigenvalue weighted by atomic mass is 32.2. The second-order valence-corrected chi connectivity index (χ2v) is 5.80. The molecule has 0 aliphatic rings. The quantitative estimate of drug-likeness (QED) is 0.734. The predicted molar refractivity (Wildman–Crippen MR) is 84.7 cm³/mol. The summed E-state index contributed by atoms with van der Waals surface area (Å²) in [7, 11) is 0. The smallest absolute Gasteiger partial charge is 0.308 e. The van der Waals surface area contributed by atoms with Gasteiger partial charge in [0.15, 0.2) is 0 Å². The molecule has 3 N–H and O–H groups in total. The third kappa shape index (κ3) is 4.59. The Labute approximate surface area is 132 Å². The number of hydrogen-bond acceptors (Lipinski definition) is 5. The van der Waals surface area contributed by atoms with E-state index in [-0.39, 0.29) is 0 Å². The lowest BCUT2D eigenvalue weighted by molar-refractivity contribution is -0.119. The highest BCUT2D eigenvalue weighted by molar-refractivity contribution is 8.00. The number of para-hydroxylation sites is 1. The molecule has 2 aromatic rings. The summed E-state index contributed by atoms with van der Waals surface area (Å²) in [4.78, 5) is 27.9. The summed E-state index contributed by atoms with van der Waals surface area (Å²) in [6.07, 6.45) is 0.744. The number of anilines is 1. The van der Waals surface area contributed by atoms with E-state index in [2.05, 4.69) is 25.8 Å². The Hall–Kier alpha value is -2.35. The molecule has 0 spiro atoms. The first-order valence-electron chi connectivity index (χ1n) is 6.83. The Morgan fingerprint density at radius 1 is 1.32 bits per heavy atom. The Morgan fingerprint density at radius 3 is 2.68 bits per heavy atom. The Bertz CT molecular complexity index is 644. The maximum atomic E-state index is 12.0. The standard InChI is InChI=1S/C14H17N5O2S/c1-3-11-16-14(19-18-11)22-9(2)12(20)17-13(21)15-10-7-5-4-6-8-10/h4-9H,3H2,1-2H3,(H,16,18,19)(H2,15,17,20,21). The largest absolute Gasteiger partial charge is 0.325 e. The number of urea groups is 1. The third-order valence-corrected chi connectivity index (χ3v) is 3.73. The first kappa shape index (κ1) is 16.0. The van der Waals surface area contributed by atoms with Crippen LogP contribution in [0.4, 0.5) is 10.5 Å². The number of nitrogens with zero attached hydrogens (tertiary/aromatic N) is 2. The summed E-state index contributed by atoms with van der Waals surface area (Å²) in [5.74, 6) is 0.359. The van der Waals surface area contributed by atoms with Crippen LogP contribution in [0.3, 0.4) is 0 Å². The molecule has 0 saturated heterocycles. The number of H-pyrrole nitrogens is 1. The third-order valence-electron chi connectivity index (χ3n) is 2.77. The fourth-order valence-corrected chi connectivity index (χ4v) is 2.34. The van der Waals surface area contributed by atoms with Crippen LogP contribution in [-0.2, 0) is 11.2 Å². The number of amides is 3. The lowest BCUT2D eigenvalue weighted by Gasteiger charge is -2.10. The minimum atomic E-state index is -0.562. The molecular formula is C14H17N5O2S. The van der Waals surface area contributed by atoms with Gasteiger partial charge in [0.05, 0.1) is 5.25 Å². The van der Waals surface area contributed by atoms with Crippen molar-refractivity contribution in [3.63, 3.8) is 0 Å². The molecular weight excluding hydrogens is 302 g/mol. The van der Waals surface area contributed by atoms with Gasteiger partial charge < -0.3 is 5.32 Å². The van der Waals surface area contributed by atoms with Crippen molar-refractivity contribution >= 4 is 29.4 Å². The van der Waals surface area contributed by atoms with Crippen LogP contribution in [0, 0.1) is 0 Å². The Balaban J connectivity index is 1.84.